The van der Waals surface area contributed by atoms with Crippen LogP contribution in [0, 0.1) is 5.92 Å². The van der Waals surface area contributed by atoms with Gasteiger partial charge in [0.15, 0.2) is 0 Å². The second-order valence-electron chi connectivity index (χ2n) is 7.89. The Kier molecular flexibility index (Phi) is 5.87. The molecule has 0 radical (unpaired) electrons. The largest absolute Gasteiger partial charge is 0.393 e. The first kappa shape index (κ1) is 16.5. The van der Waals surface area contributed by atoms with E-state index in [9.17, 15) is 5.11 Å². The summed E-state index contributed by atoms with van der Waals surface area (Å²) < 4.78 is 0. The van der Waals surface area contributed by atoms with E-state index in [4.69, 9.17) is 0 Å². The van der Waals surface area contributed by atoms with Crippen LogP contribution in [0.5, 0.6) is 0 Å². The van der Waals surface area contributed by atoms with Crippen molar-refractivity contribution in [1.29, 1.82) is 0 Å². The van der Waals surface area contributed by atoms with Crippen molar-refractivity contribution in [1.82, 2.24) is 0 Å². The normalized spacial score (nSPS) is 18.7. The van der Waals surface area contributed by atoms with Crippen molar-refractivity contribution in [3.8, 4) is 0 Å². The standard InChI is InChI=1S/C20H32O/c1-20(2,3)18-12-9-17(10-13-18)15-19(21)14-11-16-7-5-4-6-8-16/h9-10,12-13,16,19,21H,4-8,11,14-15H2,1-3H3. The van der Waals surface area contributed by atoms with Crippen LogP contribution in [0.15, 0.2) is 24.3 Å². The third kappa shape index (κ3) is 5.47. The first-order chi connectivity index (χ1) is 9.95. The molecule has 1 fully saturated rings. The van der Waals surface area contributed by atoms with Crippen LogP contribution in [0.4, 0.5) is 0 Å². The Morgan fingerprint density at radius 2 is 1.67 bits per heavy atom. The average Bonchev–Trinajstić information content (AvgIpc) is 2.46. The van der Waals surface area contributed by atoms with Crippen molar-refractivity contribution < 1.29 is 5.11 Å². The highest BCUT2D eigenvalue weighted by atomic mass is 16.3. The molecule has 1 aromatic carbocycles. The SMILES string of the molecule is CC(C)(C)c1ccc(CC(O)CCC2CCCCC2)cc1. The van der Waals surface area contributed by atoms with Gasteiger partial charge in [-0.3, -0.25) is 0 Å². The van der Waals surface area contributed by atoms with E-state index >= 15 is 0 Å². The van der Waals surface area contributed by atoms with Gasteiger partial charge in [-0.05, 0) is 41.7 Å². The molecule has 0 bridgehead atoms. The third-order valence-electron chi connectivity index (χ3n) is 4.92. The molecule has 1 nitrogen and oxygen atoms in total. The maximum atomic E-state index is 10.3. The fourth-order valence-corrected chi connectivity index (χ4v) is 3.42. The molecule has 0 saturated heterocycles. The minimum absolute atomic E-state index is 0.174. The van der Waals surface area contributed by atoms with Crippen LogP contribution >= 0.6 is 0 Å². The number of benzene rings is 1. The first-order valence-electron chi connectivity index (χ1n) is 8.72. The first-order valence-corrected chi connectivity index (χ1v) is 8.72. The lowest BCUT2D eigenvalue weighted by Gasteiger charge is -2.23. The van der Waals surface area contributed by atoms with E-state index in [1.807, 2.05) is 0 Å². The lowest BCUT2D eigenvalue weighted by Crippen LogP contribution is -2.15. The van der Waals surface area contributed by atoms with Gasteiger partial charge in [-0.1, -0.05) is 77.1 Å². The van der Waals surface area contributed by atoms with Gasteiger partial charge in [-0.15, -0.1) is 0 Å². The van der Waals surface area contributed by atoms with Gasteiger partial charge in [0.25, 0.3) is 0 Å². The predicted octanol–water partition coefficient (Wildman–Crippen LogP) is 5.25. The number of aliphatic hydroxyl groups is 1. The van der Waals surface area contributed by atoms with Crippen LogP contribution in [-0.2, 0) is 11.8 Å². The van der Waals surface area contributed by atoms with Crippen molar-refractivity contribution in [3.05, 3.63) is 35.4 Å². The molecule has 1 aliphatic rings. The summed E-state index contributed by atoms with van der Waals surface area (Å²) >= 11 is 0. The molecule has 1 aliphatic carbocycles. The van der Waals surface area contributed by atoms with E-state index in [0.29, 0.717) is 0 Å². The zero-order chi connectivity index (χ0) is 15.3. The van der Waals surface area contributed by atoms with Gasteiger partial charge in [0, 0.05) is 0 Å². The summed E-state index contributed by atoms with van der Waals surface area (Å²) in [6, 6.07) is 8.79. The highest BCUT2D eigenvalue weighted by molar-refractivity contribution is 5.27. The summed E-state index contributed by atoms with van der Waals surface area (Å²) in [4.78, 5) is 0. The zero-order valence-electron chi connectivity index (χ0n) is 14.1. The lowest BCUT2D eigenvalue weighted by molar-refractivity contribution is 0.149. The maximum Gasteiger partial charge on any atom is 0.0580 e. The number of hydrogen-bond acceptors (Lipinski definition) is 1. The van der Waals surface area contributed by atoms with E-state index in [0.717, 1.165) is 18.8 Å². The minimum atomic E-state index is -0.174. The Labute approximate surface area is 130 Å². The number of aliphatic hydroxyl groups excluding tert-OH is 1. The fraction of sp³-hybridized carbons (Fsp3) is 0.700. The predicted molar refractivity (Wildman–Crippen MR) is 90.7 cm³/mol. The molecule has 118 valence electrons. The summed E-state index contributed by atoms with van der Waals surface area (Å²) in [7, 11) is 0. The van der Waals surface area contributed by atoms with Gasteiger partial charge in [0.2, 0.25) is 0 Å². The molecule has 1 heteroatoms. The molecule has 0 spiro atoms. The van der Waals surface area contributed by atoms with Crippen LogP contribution < -0.4 is 0 Å². The van der Waals surface area contributed by atoms with Crippen LogP contribution in [0.3, 0.4) is 0 Å². The molecule has 1 N–H and O–H groups in total. The molecule has 1 atom stereocenters. The van der Waals surface area contributed by atoms with Crippen LogP contribution in [0.2, 0.25) is 0 Å². The quantitative estimate of drug-likeness (QED) is 0.784. The lowest BCUT2D eigenvalue weighted by atomic mass is 9.84. The van der Waals surface area contributed by atoms with Gasteiger partial charge in [-0.25, -0.2) is 0 Å². The molecule has 0 aliphatic heterocycles. The van der Waals surface area contributed by atoms with Crippen LogP contribution in [-0.4, -0.2) is 11.2 Å². The zero-order valence-corrected chi connectivity index (χ0v) is 14.1. The fourth-order valence-electron chi connectivity index (χ4n) is 3.42. The molecule has 0 amide bonds. The highest BCUT2D eigenvalue weighted by Crippen LogP contribution is 2.28. The van der Waals surface area contributed by atoms with Gasteiger partial charge in [-0.2, -0.15) is 0 Å². The molecule has 2 rings (SSSR count). The van der Waals surface area contributed by atoms with Gasteiger partial charge in [0.1, 0.15) is 0 Å². The summed E-state index contributed by atoms with van der Waals surface area (Å²) in [5.74, 6) is 0.872. The summed E-state index contributed by atoms with van der Waals surface area (Å²) in [5.41, 5.74) is 2.83. The molecule has 0 aromatic heterocycles. The molecule has 21 heavy (non-hydrogen) atoms. The smallest absolute Gasteiger partial charge is 0.0580 e. The summed E-state index contributed by atoms with van der Waals surface area (Å²) in [5, 5.41) is 10.3. The average molecular weight is 288 g/mol. The highest BCUT2D eigenvalue weighted by Gasteiger charge is 2.16. The van der Waals surface area contributed by atoms with E-state index in [-0.39, 0.29) is 11.5 Å². The molecule has 1 aromatic rings. The van der Waals surface area contributed by atoms with Crippen molar-refractivity contribution in [2.45, 2.75) is 83.7 Å². The second-order valence-corrected chi connectivity index (χ2v) is 7.89. The minimum Gasteiger partial charge on any atom is -0.393 e. The Balaban J connectivity index is 1.78. The van der Waals surface area contributed by atoms with Crippen LogP contribution in [0.25, 0.3) is 0 Å². The molecule has 1 saturated carbocycles. The molecule has 0 heterocycles. The Morgan fingerprint density at radius 1 is 1.05 bits per heavy atom. The van der Waals surface area contributed by atoms with Gasteiger partial charge in [0.05, 0.1) is 6.10 Å². The summed E-state index contributed by atoms with van der Waals surface area (Å²) in [6.07, 6.45) is 9.78. The van der Waals surface area contributed by atoms with E-state index in [1.165, 1.54) is 49.7 Å². The van der Waals surface area contributed by atoms with E-state index < -0.39 is 0 Å². The summed E-state index contributed by atoms with van der Waals surface area (Å²) in [6.45, 7) is 6.71. The molecule has 1 unspecified atom stereocenters. The van der Waals surface area contributed by atoms with Crippen molar-refractivity contribution in [2.24, 2.45) is 5.92 Å². The molecular formula is C20H32O. The number of hydrogen-bond donors (Lipinski definition) is 1. The van der Waals surface area contributed by atoms with Gasteiger partial charge >= 0.3 is 0 Å². The Hall–Kier alpha value is -0.820. The second kappa shape index (κ2) is 7.45. The van der Waals surface area contributed by atoms with Crippen molar-refractivity contribution >= 4 is 0 Å². The topological polar surface area (TPSA) is 20.2 Å². The molecular weight excluding hydrogens is 256 g/mol. The van der Waals surface area contributed by atoms with Crippen molar-refractivity contribution in [3.63, 3.8) is 0 Å². The monoisotopic (exact) mass is 288 g/mol. The van der Waals surface area contributed by atoms with E-state index in [2.05, 4.69) is 45.0 Å². The van der Waals surface area contributed by atoms with Gasteiger partial charge < -0.3 is 5.11 Å². The Morgan fingerprint density at radius 3 is 2.24 bits per heavy atom. The van der Waals surface area contributed by atoms with Crippen LogP contribution in [0.1, 0.15) is 76.8 Å². The Bertz CT molecular complexity index is 406. The maximum absolute atomic E-state index is 10.3. The van der Waals surface area contributed by atoms with Crippen molar-refractivity contribution in [2.75, 3.05) is 0 Å². The third-order valence-corrected chi connectivity index (χ3v) is 4.92. The number of rotatable bonds is 5. The van der Waals surface area contributed by atoms with E-state index in [1.54, 1.807) is 0 Å².